The summed E-state index contributed by atoms with van der Waals surface area (Å²) < 4.78 is 5.93. The number of hydrogen-bond acceptors (Lipinski definition) is 4. The van der Waals surface area contributed by atoms with E-state index in [2.05, 4.69) is 5.32 Å². The van der Waals surface area contributed by atoms with Gasteiger partial charge < -0.3 is 14.6 Å². The number of para-hydroxylation sites is 1. The van der Waals surface area contributed by atoms with Crippen LogP contribution in [0.4, 0.5) is 5.69 Å². The highest BCUT2D eigenvalue weighted by atomic mass is 32.2. The van der Waals surface area contributed by atoms with Gasteiger partial charge in [0.05, 0.1) is 5.75 Å². The molecule has 1 aliphatic heterocycles. The van der Waals surface area contributed by atoms with Crippen molar-refractivity contribution >= 4 is 51.2 Å². The zero-order valence-electron chi connectivity index (χ0n) is 18.8. The van der Waals surface area contributed by atoms with Gasteiger partial charge in [-0.2, -0.15) is 0 Å². The van der Waals surface area contributed by atoms with Gasteiger partial charge in [0.15, 0.2) is 0 Å². The highest BCUT2D eigenvalue weighted by Crippen LogP contribution is 2.39. The van der Waals surface area contributed by atoms with E-state index in [0.717, 1.165) is 33.1 Å². The van der Waals surface area contributed by atoms with Gasteiger partial charge in [-0.25, -0.2) is 0 Å². The quantitative estimate of drug-likeness (QED) is 0.309. The minimum absolute atomic E-state index is 0.0599. The molecule has 1 aromatic heterocycles. The Balaban J connectivity index is 1.18. The van der Waals surface area contributed by atoms with Gasteiger partial charge >= 0.3 is 0 Å². The van der Waals surface area contributed by atoms with Crippen LogP contribution in [0.5, 0.6) is 0 Å². The molecular formula is C29H22N2O3S. The van der Waals surface area contributed by atoms with Gasteiger partial charge in [-0.15, -0.1) is 11.8 Å². The molecular weight excluding hydrogens is 456 g/mol. The van der Waals surface area contributed by atoms with E-state index in [1.807, 2.05) is 102 Å². The van der Waals surface area contributed by atoms with Crippen molar-refractivity contribution in [2.75, 3.05) is 11.1 Å². The Kier molecular flexibility index (Phi) is 5.51. The fraction of sp³-hybridized carbons (Fsp3) is 0.103. The molecule has 0 aliphatic carbocycles. The number of nitrogens with zero attached hydrogens (tertiary/aromatic N) is 1. The first-order valence-corrected chi connectivity index (χ1v) is 12.5. The molecule has 5 nitrogen and oxygen atoms in total. The summed E-state index contributed by atoms with van der Waals surface area (Å²) in [5.74, 6) is 0.402. The molecule has 0 radical (unpaired) electrons. The number of amides is 2. The van der Waals surface area contributed by atoms with E-state index in [0.29, 0.717) is 23.5 Å². The van der Waals surface area contributed by atoms with Gasteiger partial charge in [0.1, 0.15) is 16.5 Å². The first-order chi connectivity index (χ1) is 17.2. The fourth-order valence-electron chi connectivity index (χ4n) is 4.49. The van der Waals surface area contributed by atoms with Crippen LogP contribution < -0.4 is 5.32 Å². The largest absolute Gasteiger partial charge is 0.456 e. The number of thioether (sulfide) groups is 1. The Morgan fingerprint density at radius 2 is 1.63 bits per heavy atom. The van der Waals surface area contributed by atoms with Crippen molar-refractivity contribution in [2.45, 2.75) is 11.9 Å². The summed E-state index contributed by atoms with van der Waals surface area (Å²) in [6.07, 6.45) is 0. The summed E-state index contributed by atoms with van der Waals surface area (Å²) in [5, 5.41) is 4.98. The van der Waals surface area contributed by atoms with Crippen LogP contribution in [-0.2, 0) is 11.3 Å². The lowest BCUT2D eigenvalue weighted by atomic mass is 10.1. The van der Waals surface area contributed by atoms with Crippen LogP contribution in [0.15, 0.2) is 101 Å². The van der Waals surface area contributed by atoms with Crippen molar-refractivity contribution in [2.24, 2.45) is 0 Å². The molecule has 2 heterocycles. The van der Waals surface area contributed by atoms with E-state index in [1.54, 1.807) is 11.8 Å². The van der Waals surface area contributed by atoms with Crippen LogP contribution in [0, 0.1) is 0 Å². The van der Waals surface area contributed by atoms with E-state index in [-0.39, 0.29) is 17.2 Å². The Morgan fingerprint density at radius 3 is 2.46 bits per heavy atom. The summed E-state index contributed by atoms with van der Waals surface area (Å²) in [6, 6.07) is 31.1. The van der Waals surface area contributed by atoms with E-state index in [9.17, 15) is 9.59 Å². The van der Waals surface area contributed by atoms with Crippen molar-refractivity contribution < 1.29 is 14.0 Å². The minimum Gasteiger partial charge on any atom is -0.456 e. The van der Waals surface area contributed by atoms with Gasteiger partial charge in [-0.1, -0.05) is 60.7 Å². The second-order valence-corrected chi connectivity index (χ2v) is 9.62. The second kappa shape index (κ2) is 8.96. The van der Waals surface area contributed by atoms with E-state index < -0.39 is 0 Å². The van der Waals surface area contributed by atoms with Crippen molar-refractivity contribution in [3.05, 3.63) is 114 Å². The SMILES string of the molecule is O=C(Nc1ccc2c(c1)oc1ccccc12)c1ccc(C2SCC(=O)N2Cc2ccccc2)cc1. The van der Waals surface area contributed by atoms with Crippen LogP contribution in [0.1, 0.15) is 26.9 Å². The van der Waals surface area contributed by atoms with E-state index >= 15 is 0 Å². The van der Waals surface area contributed by atoms with Crippen molar-refractivity contribution in [1.29, 1.82) is 0 Å². The summed E-state index contributed by atoms with van der Waals surface area (Å²) >= 11 is 1.62. The van der Waals surface area contributed by atoms with Crippen LogP contribution >= 0.6 is 11.8 Å². The van der Waals surface area contributed by atoms with Gasteiger partial charge in [0.2, 0.25) is 5.91 Å². The molecule has 1 atom stereocenters. The third-order valence-corrected chi connectivity index (χ3v) is 7.51. The maximum atomic E-state index is 12.9. The summed E-state index contributed by atoms with van der Waals surface area (Å²) in [7, 11) is 0. The maximum Gasteiger partial charge on any atom is 0.255 e. The molecule has 0 saturated carbocycles. The average molecular weight is 479 g/mol. The summed E-state index contributed by atoms with van der Waals surface area (Å²) in [5.41, 5.74) is 4.91. The van der Waals surface area contributed by atoms with Gasteiger partial charge in [-0.3, -0.25) is 9.59 Å². The average Bonchev–Trinajstić information content (AvgIpc) is 3.44. The van der Waals surface area contributed by atoms with E-state index in [1.165, 1.54) is 0 Å². The number of furan rings is 1. The molecule has 4 aromatic carbocycles. The Hall–Kier alpha value is -4.03. The molecule has 6 heteroatoms. The van der Waals surface area contributed by atoms with Crippen LogP contribution in [0.25, 0.3) is 21.9 Å². The molecule has 1 aliphatic rings. The van der Waals surface area contributed by atoms with Gasteiger partial charge in [-0.05, 0) is 41.5 Å². The number of fused-ring (bicyclic) bond motifs is 3. The molecule has 2 amide bonds. The van der Waals surface area contributed by atoms with Gasteiger partial charge in [0, 0.05) is 34.6 Å². The fourth-order valence-corrected chi connectivity index (χ4v) is 5.68. The highest BCUT2D eigenvalue weighted by Gasteiger charge is 2.32. The third kappa shape index (κ3) is 4.17. The Labute approximate surface area is 206 Å². The lowest BCUT2D eigenvalue weighted by molar-refractivity contribution is -0.128. The molecule has 6 rings (SSSR count). The smallest absolute Gasteiger partial charge is 0.255 e. The molecule has 35 heavy (non-hydrogen) atoms. The second-order valence-electron chi connectivity index (χ2n) is 8.56. The Morgan fingerprint density at radius 1 is 0.886 bits per heavy atom. The highest BCUT2D eigenvalue weighted by molar-refractivity contribution is 8.00. The predicted octanol–water partition coefficient (Wildman–Crippen LogP) is 6.61. The predicted molar refractivity (Wildman–Crippen MR) is 140 cm³/mol. The molecule has 172 valence electrons. The number of benzene rings is 4. The minimum atomic E-state index is -0.191. The lowest BCUT2D eigenvalue weighted by Crippen LogP contribution is -2.27. The monoisotopic (exact) mass is 478 g/mol. The van der Waals surface area contributed by atoms with Crippen LogP contribution in [0.3, 0.4) is 0 Å². The zero-order chi connectivity index (χ0) is 23.8. The molecule has 5 aromatic rings. The first-order valence-electron chi connectivity index (χ1n) is 11.4. The zero-order valence-corrected chi connectivity index (χ0v) is 19.6. The number of anilines is 1. The topological polar surface area (TPSA) is 62.6 Å². The molecule has 1 unspecified atom stereocenters. The number of nitrogens with one attached hydrogen (secondary N) is 1. The van der Waals surface area contributed by atoms with E-state index in [4.69, 9.17) is 4.42 Å². The lowest BCUT2D eigenvalue weighted by Gasteiger charge is -2.24. The Bertz CT molecular complexity index is 1540. The molecule has 0 bridgehead atoms. The van der Waals surface area contributed by atoms with Crippen molar-refractivity contribution in [1.82, 2.24) is 4.90 Å². The van der Waals surface area contributed by atoms with Crippen molar-refractivity contribution in [3.63, 3.8) is 0 Å². The van der Waals surface area contributed by atoms with Crippen molar-refractivity contribution in [3.8, 4) is 0 Å². The first kappa shape index (κ1) is 21.5. The number of carbonyl (C=O) groups excluding carboxylic acids is 2. The van der Waals surface area contributed by atoms with Crippen LogP contribution in [-0.4, -0.2) is 22.5 Å². The summed E-state index contributed by atoms with van der Waals surface area (Å²) in [4.78, 5) is 27.3. The molecule has 1 N–H and O–H groups in total. The van der Waals surface area contributed by atoms with Gasteiger partial charge in [0.25, 0.3) is 5.91 Å². The molecule has 0 spiro atoms. The maximum absolute atomic E-state index is 12.9. The standard InChI is InChI=1S/C29H22N2O3S/c32-27-18-35-29(31(27)17-19-6-2-1-3-7-19)21-12-10-20(11-13-21)28(33)30-22-14-15-24-23-8-4-5-9-25(23)34-26(24)16-22/h1-16,29H,17-18H2,(H,30,33). The normalized spacial score (nSPS) is 15.7. The third-order valence-electron chi connectivity index (χ3n) is 6.26. The molecule has 1 saturated heterocycles. The van der Waals surface area contributed by atoms with Crippen LogP contribution in [0.2, 0.25) is 0 Å². The molecule has 1 fully saturated rings. The number of rotatable bonds is 5. The number of carbonyl (C=O) groups is 2. The summed E-state index contributed by atoms with van der Waals surface area (Å²) in [6.45, 7) is 0.573. The number of hydrogen-bond donors (Lipinski definition) is 1.